The Morgan fingerprint density at radius 1 is 1.32 bits per heavy atom. The monoisotopic (exact) mass is 322 g/mol. The highest BCUT2D eigenvalue weighted by Crippen LogP contribution is 2.33. The van der Waals surface area contributed by atoms with Crippen LogP contribution in [0, 0.1) is 17.7 Å². The molecule has 0 bridgehead atoms. The molecule has 4 heteroatoms. The SMILES string of the molecule is CC#Cc1c(F)ccc2cc(OCOC)cc(Br)c12. The first kappa shape index (κ1) is 13.9. The number of rotatable bonds is 3. The van der Waals surface area contributed by atoms with Crippen LogP contribution >= 0.6 is 15.9 Å². The molecule has 0 heterocycles. The van der Waals surface area contributed by atoms with Gasteiger partial charge in [-0.2, -0.15) is 0 Å². The summed E-state index contributed by atoms with van der Waals surface area (Å²) in [5, 5.41) is 1.61. The molecule has 2 aromatic rings. The number of halogens is 2. The molecule has 2 aromatic carbocycles. The maximum absolute atomic E-state index is 13.8. The zero-order chi connectivity index (χ0) is 13.8. The van der Waals surface area contributed by atoms with Gasteiger partial charge in [0.05, 0.1) is 5.56 Å². The molecule has 0 aliphatic heterocycles. The lowest BCUT2D eigenvalue weighted by atomic mass is 10.0. The van der Waals surface area contributed by atoms with E-state index in [1.165, 1.54) is 6.07 Å². The standard InChI is InChI=1S/C15H12BrFO2/c1-3-4-12-14(17)6-5-10-7-11(19-9-18-2)8-13(16)15(10)12/h5-8H,9H2,1-2H3. The molecule has 0 aromatic heterocycles. The van der Waals surface area contributed by atoms with Crippen LogP contribution in [0.25, 0.3) is 10.8 Å². The predicted molar refractivity (Wildman–Crippen MR) is 76.7 cm³/mol. The third kappa shape index (κ3) is 2.89. The van der Waals surface area contributed by atoms with Gasteiger partial charge in [-0.25, -0.2) is 4.39 Å². The largest absolute Gasteiger partial charge is 0.468 e. The molecule has 0 atom stereocenters. The van der Waals surface area contributed by atoms with Crippen molar-refractivity contribution in [3.63, 3.8) is 0 Å². The normalized spacial score (nSPS) is 10.1. The molecule has 0 aliphatic carbocycles. The maximum Gasteiger partial charge on any atom is 0.188 e. The molecule has 0 radical (unpaired) electrons. The summed E-state index contributed by atoms with van der Waals surface area (Å²) >= 11 is 3.44. The Labute approximate surface area is 119 Å². The Bertz CT molecular complexity index is 671. The molecule has 98 valence electrons. The van der Waals surface area contributed by atoms with Crippen LogP contribution in [0.4, 0.5) is 4.39 Å². The summed E-state index contributed by atoms with van der Waals surface area (Å²) in [6.45, 7) is 1.85. The second-order valence-electron chi connectivity index (χ2n) is 3.85. The molecule has 0 unspecified atom stereocenters. The van der Waals surface area contributed by atoms with E-state index in [1.54, 1.807) is 26.2 Å². The van der Waals surface area contributed by atoms with Crippen LogP contribution in [0.1, 0.15) is 12.5 Å². The first-order valence-electron chi connectivity index (χ1n) is 5.63. The number of hydrogen-bond donors (Lipinski definition) is 0. The first-order chi connectivity index (χ1) is 9.17. The van der Waals surface area contributed by atoms with Crippen LogP contribution in [-0.4, -0.2) is 13.9 Å². The van der Waals surface area contributed by atoms with Crippen molar-refractivity contribution in [2.24, 2.45) is 0 Å². The highest BCUT2D eigenvalue weighted by Gasteiger charge is 2.10. The second-order valence-corrected chi connectivity index (χ2v) is 4.71. The molecule has 0 amide bonds. The van der Waals surface area contributed by atoms with E-state index in [2.05, 4.69) is 27.8 Å². The minimum Gasteiger partial charge on any atom is -0.468 e. The van der Waals surface area contributed by atoms with E-state index in [1.807, 2.05) is 6.07 Å². The lowest BCUT2D eigenvalue weighted by Gasteiger charge is -2.09. The van der Waals surface area contributed by atoms with Gasteiger partial charge in [-0.05, 0) is 46.4 Å². The van der Waals surface area contributed by atoms with Crippen LogP contribution in [0.3, 0.4) is 0 Å². The number of benzene rings is 2. The van der Waals surface area contributed by atoms with E-state index in [9.17, 15) is 4.39 Å². The highest BCUT2D eigenvalue weighted by atomic mass is 79.9. The van der Waals surface area contributed by atoms with E-state index >= 15 is 0 Å². The van der Waals surface area contributed by atoms with Gasteiger partial charge in [-0.15, -0.1) is 5.92 Å². The van der Waals surface area contributed by atoms with E-state index in [0.29, 0.717) is 11.3 Å². The quantitative estimate of drug-likeness (QED) is 0.625. The van der Waals surface area contributed by atoms with E-state index in [-0.39, 0.29) is 12.6 Å². The zero-order valence-corrected chi connectivity index (χ0v) is 12.2. The van der Waals surface area contributed by atoms with Gasteiger partial charge in [-0.3, -0.25) is 0 Å². The summed E-state index contributed by atoms with van der Waals surface area (Å²) in [6, 6.07) is 6.73. The Balaban J connectivity index is 2.64. The lowest BCUT2D eigenvalue weighted by molar-refractivity contribution is 0.0512. The van der Waals surface area contributed by atoms with Gasteiger partial charge in [0.15, 0.2) is 6.79 Å². The minimum atomic E-state index is -0.326. The molecule has 0 fully saturated rings. The van der Waals surface area contributed by atoms with Crippen LogP contribution in [0.5, 0.6) is 5.75 Å². The summed E-state index contributed by atoms with van der Waals surface area (Å²) < 4.78 is 24.8. The van der Waals surface area contributed by atoms with Gasteiger partial charge < -0.3 is 9.47 Å². The van der Waals surface area contributed by atoms with Crippen molar-refractivity contribution in [1.29, 1.82) is 0 Å². The number of methoxy groups -OCH3 is 1. The molecule has 2 nitrogen and oxygen atoms in total. The van der Waals surface area contributed by atoms with Gasteiger partial charge in [-0.1, -0.05) is 12.0 Å². The van der Waals surface area contributed by atoms with Crippen molar-refractivity contribution in [3.05, 3.63) is 40.1 Å². The second kappa shape index (κ2) is 6.05. The van der Waals surface area contributed by atoms with Crippen LogP contribution < -0.4 is 4.74 Å². The Hall–Kier alpha value is -1.57. The smallest absolute Gasteiger partial charge is 0.188 e. The number of hydrogen-bond acceptors (Lipinski definition) is 2. The fourth-order valence-corrected chi connectivity index (χ4v) is 2.47. The zero-order valence-electron chi connectivity index (χ0n) is 10.6. The van der Waals surface area contributed by atoms with Gasteiger partial charge >= 0.3 is 0 Å². The minimum absolute atomic E-state index is 0.167. The Morgan fingerprint density at radius 3 is 2.79 bits per heavy atom. The average Bonchev–Trinajstić information content (AvgIpc) is 2.39. The van der Waals surface area contributed by atoms with Gasteiger partial charge in [0.25, 0.3) is 0 Å². The summed E-state index contributed by atoms with van der Waals surface area (Å²) in [6.07, 6.45) is 0. The van der Waals surface area contributed by atoms with Gasteiger partial charge in [0.1, 0.15) is 11.6 Å². The Morgan fingerprint density at radius 2 is 2.11 bits per heavy atom. The first-order valence-corrected chi connectivity index (χ1v) is 6.43. The van der Waals surface area contributed by atoms with Gasteiger partial charge in [0.2, 0.25) is 0 Å². The molecule has 0 N–H and O–H groups in total. The summed E-state index contributed by atoms with van der Waals surface area (Å²) in [7, 11) is 1.56. The number of ether oxygens (including phenoxy) is 2. The predicted octanol–water partition coefficient (Wildman–Crippen LogP) is 4.10. The molecule has 0 aliphatic rings. The van der Waals surface area contributed by atoms with Crippen LogP contribution in [0.15, 0.2) is 28.7 Å². The average molecular weight is 323 g/mol. The topological polar surface area (TPSA) is 18.5 Å². The maximum atomic E-state index is 13.8. The van der Waals surface area contributed by atoms with E-state index < -0.39 is 0 Å². The highest BCUT2D eigenvalue weighted by molar-refractivity contribution is 9.10. The third-order valence-corrected chi connectivity index (χ3v) is 3.21. The summed E-state index contributed by atoms with van der Waals surface area (Å²) in [4.78, 5) is 0. The van der Waals surface area contributed by atoms with Crippen molar-refractivity contribution in [3.8, 4) is 17.6 Å². The van der Waals surface area contributed by atoms with E-state index in [4.69, 9.17) is 9.47 Å². The van der Waals surface area contributed by atoms with Crippen molar-refractivity contribution in [2.45, 2.75) is 6.92 Å². The molecule has 0 saturated carbocycles. The molecule has 2 rings (SSSR count). The van der Waals surface area contributed by atoms with Crippen LogP contribution in [0.2, 0.25) is 0 Å². The fraction of sp³-hybridized carbons (Fsp3) is 0.200. The summed E-state index contributed by atoms with van der Waals surface area (Å²) in [5.41, 5.74) is 0.394. The van der Waals surface area contributed by atoms with Crippen molar-refractivity contribution < 1.29 is 13.9 Å². The molecule has 0 spiro atoms. The molecule has 19 heavy (non-hydrogen) atoms. The summed E-state index contributed by atoms with van der Waals surface area (Å²) in [5.74, 6) is 5.86. The fourth-order valence-electron chi connectivity index (χ4n) is 1.82. The number of fused-ring (bicyclic) bond motifs is 1. The van der Waals surface area contributed by atoms with Gasteiger partial charge in [0, 0.05) is 17.0 Å². The van der Waals surface area contributed by atoms with Crippen molar-refractivity contribution >= 4 is 26.7 Å². The lowest BCUT2D eigenvalue weighted by Crippen LogP contribution is -1.99. The van der Waals surface area contributed by atoms with Crippen molar-refractivity contribution in [1.82, 2.24) is 0 Å². The van der Waals surface area contributed by atoms with Crippen molar-refractivity contribution in [2.75, 3.05) is 13.9 Å². The third-order valence-electron chi connectivity index (χ3n) is 2.59. The van der Waals surface area contributed by atoms with Crippen LogP contribution in [-0.2, 0) is 4.74 Å². The molecular weight excluding hydrogens is 311 g/mol. The van der Waals surface area contributed by atoms with E-state index in [0.717, 1.165) is 15.2 Å². The Kier molecular flexibility index (Phi) is 4.41. The molecule has 0 saturated heterocycles. The molecular formula is C15H12BrFO2.